The van der Waals surface area contributed by atoms with E-state index in [0.717, 1.165) is 64.1 Å². The number of hydrogen-bond donors (Lipinski definition) is 0. The molecular formula is C22H31N3O2. The van der Waals surface area contributed by atoms with Gasteiger partial charge in [-0.1, -0.05) is 49.3 Å². The molecule has 2 heterocycles. The molecule has 0 atom stereocenters. The van der Waals surface area contributed by atoms with Crippen LogP contribution in [0, 0.1) is 5.92 Å². The zero-order valence-electron chi connectivity index (χ0n) is 16.6. The molecule has 0 aliphatic carbocycles. The van der Waals surface area contributed by atoms with Crippen molar-refractivity contribution in [3.8, 4) is 0 Å². The summed E-state index contributed by atoms with van der Waals surface area (Å²) in [5.74, 6) is 0.854. The van der Waals surface area contributed by atoms with E-state index < -0.39 is 0 Å². The highest BCUT2D eigenvalue weighted by Gasteiger charge is 2.23. The van der Waals surface area contributed by atoms with Gasteiger partial charge in [0.2, 0.25) is 5.76 Å². The lowest BCUT2D eigenvalue weighted by molar-refractivity contribution is 0.0719. The minimum absolute atomic E-state index is 0.0244. The Labute approximate surface area is 162 Å². The van der Waals surface area contributed by atoms with Crippen LogP contribution >= 0.6 is 0 Å². The van der Waals surface area contributed by atoms with Gasteiger partial charge in [0.1, 0.15) is 0 Å². The Morgan fingerprint density at radius 1 is 1.15 bits per heavy atom. The van der Waals surface area contributed by atoms with Gasteiger partial charge in [0.05, 0.1) is 5.69 Å². The lowest BCUT2D eigenvalue weighted by Gasteiger charge is -2.21. The molecule has 1 saturated heterocycles. The predicted molar refractivity (Wildman–Crippen MR) is 107 cm³/mol. The summed E-state index contributed by atoms with van der Waals surface area (Å²) < 4.78 is 5.31. The second-order valence-corrected chi connectivity index (χ2v) is 7.86. The first-order valence-electron chi connectivity index (χ1n) is 10.1. The minimum Gasteiger partial charge on any atom is -0.351 e. The van der Waals surface area contributed by atoms with Crippen molar-refractivity contribution < 1.29 is 9.32 Å². The van der Waals surface area contributed by atoms with E-state index in [1.807, 2.05) is 11.0 Å². The van der Waals surface area contributed by atoms with Crippen LogP contribution in [0.15, 0.2) is 40.9 Å². The highest BCUT2D eigenvalue weighted by atomic mass is 16.5. The fourth-order valence-electron chi connectivity index (χ4n) is 3.63. The van der Waals surface area contributed by atoms with Crippen LogP contribution < -0.4 is 0 Å². The van der Waals surface area contributed by atoms with Gasteiger partial charge in [0, 0.05) is 25.7 Å². The Morgan fingerprint density at radius 2 is 1.96 bits per heavy atom. The van der Waals surface area contributed by atoms with Crippen molar-refractivity contribution >= 4 is 5.91 Å². The molecule has 1 aliphatic rings. The van der Waals surface area contributed by atoms with E-state index in [4.69, 9.17) is 4.52 Å². The number of amides is 1. The smallest absolute Gasteiger partial charge is 0.292 e. The number of carbonyl (C=O) groups excluding carboxylic acids is 1. The largest absolute Gasteiger partial charge is 0.351 e. The number of carbonyl (C=O) groups is 1. The van der Waals surface area contributed by atoms with Crippen LogP contribution in [0.2, 0.25) is 0 Å². The molecule has 3 rings (SSSR count). The maximum absolute atomic E-state index is 12.7. The first-order chi connectivity index (χ1) is 13.1. The van der Waals surface area contributed by atoms with Crippen molar-refractivity contribution in [2.75, 3.05) is 32.7 Å². The third-order valence-corrected chi connectivity index (χ3v) is 5.05. The highest BCUT2D eigenvalue weighted by molar-refractivity contribution is 5.91. The normalized spacial score (nSPS) is 15.9. The molecule has 1 aromatic carbocycles. The van der Waals surface area contributed by atoms with Gasteiger partial charge in [0.25, 0.3) is 5.91 Å². The second-order valence-electron chi connectivity index (χ2n) is 7.86. The molecule has 0 spiro atoms. The van der Waals surface area contributed by atoms with Crippen LogP contribution in [0.5, 0.6) is 0 Å². The molecule has 1 amide bonds. The van der Waals surface area contributed by atoms with Crippen molar-refractivity contribution in [1.82, 2.24) is 15.0 Å². The number of benzene rings is 1. The second kappa shape index (κ2) is 9.70. The zero-order valence-corrected chi connectivity index (χ0v) is 16.6. The predicted octanol–water partition coefficient (Wildman–Crippen LogP) is 3.65. The molecule has 0 saturated carbocycles. The topological polar surface area (TPSA) is 49.6 Å². The molecule has 1 fully saturated rings. The quantitative estimate of drug-likeness (QED) is 0.747. The van der Waals surface area contributed by atoms with Crippen LogP contribution in [0.3, 0.4) is 0 Å². The van der Waals surface area contributed by atoms with Gasteiger partial charge in [-0.25, -0.2) is 0 Å². The van der Waals surface area contributed by atoms with E-state index in [2.05, 4.69) is 54.2 Å². The summed E-state index contributed by atoms with van der Waals surface area (Å²) >= 11 is 0. The number of nitrogens with zero attached hydrogens (tertiary/aromatic N) is 3. The molecule has 0 N–H and O–H groups in total. The molecule has 27 heavy (non-hydrogen) atoms. The number of hydrogen-bond acceptors (Lipinski definition) is 4. The highest BCUT2D eigenvalue weighted by Crippen LogP contribution is 2.14. The van der Waals surface area contributed by atoms with Crippen LogP contribution in [-0.2, 0) is 12.8 Å². The number of rotatable bonds is 7. The molecule has 1 aliphatic heterocycles. The fourth-order valence-corrected chi connectivity index (χ4v) is 3.63. The van der Waals surface area contributed by atoms with Gasteiger partial charge >= 0.3 is 0 Å². The van der Waals surface area contributed by atoms with Crippen LogP contribution in [0.4, 0.5) is 0 Å². The molecule has 2 aromatic rings. The van der Waals surface area contributed by atoms with Crippen molar-refractivity contribution in [2.24, 2.45) is 5.92 Å². The Kier molecular flexibility index (Phi) is 7.04. The van der Waals surface area contributed by atoms with E-state index in [-0.39, 0.29) is 5.91 Å². The number of aryl methyl sites for hydroxylation is 1. The summed E-state index contributed by atoms with van der Waals surface area (Å²) in [6.45, 7) is 8.87. The molecule has 0 unspecified atom stereocenters. The van der Waals surface area contributed by atoms with Gasteiger partial charge in [0.15, 0.2) is 0 Å². The standard InChI is InChI=1S/C22H31N3O2/c1-18(2)16-20-17-21(27-23-20)22(26)25-13-7-12-24(14-15-25)11-6-10-19-8-4-3-5-9-19/h3-5,8-9,17-18H,6-7,10-16H2,1-2H3. The Hall–Kier alpha value is -2.14. The van der Waals surface area contributed by atoms with Crippen molar-refractivity contribution in [3.05, 3.63) is 53.4 Å². The van der Waals surface area contributed by atoms with Crippen molar-refractivity contribution in [1.29, 1.82) is 0 Å². The SMILES string of the molecule is CC(C)Cc1cc(C(=O)N2CCCN(CCCc3ccccc3)CC2)on1. The Balaban J connectivity index is 1.46. The molecule has 0 bridgehead atoms. The lowest BCUT2D eigenvalue weighted by atomic mass is 10.1. The zero-order chi connectivity index (χ0) is 19.1. The van der Waals surface area contributed by atoms with Crippen LogP contribution in [-0.4, -0.2) is 53.6 Å². The van der Waals surface area contributed by atoms with E-state index in [0.29, 0.717) is 11.7 Å². The molecule has 5 nitrogen and oxygen atoms in total. The van der Waals surface area contributed by atoms with Gasteiger partial charge in [-0.05, 0) is 50.3 Å². The maximum Gasteiger partial charge on any atom is 0.292 e. The third kappa shape index (κ3) is 5.93. The van der Waals surface area contributed by atoms with E-state index in [1.54, 1.807) is 0 Å². The number of aromatic nitrogens is 1. The maximum atomic E-state index is 12.7. The van der Waals surface area contributed by atoms with Crippen molar-refractivity contribution in [3.63, 3.8) is 0 Å². The fraction of sp³-hybridized carbons (Fsp3) is 0.545. The Bertz CT molecular complexity index is 711. The van der Waals surface area contributed by atoms with Gasteiger partial charge < -0.3 is 14.3 Å². The average molecular weight is 370 g/mol. The molecule has 0 radical (unpaired) electrons. The van der Waals surface area contributed by atoms with E-state index in [1.165, 1.54) is 5.56 Å². The monoisotopic (exact) mass is 369 g/mol. The average Bonchev–Trinajstić information content (AvgIpc) is 2.98. The van der Waals surface area contributed by atoms with E-state index >= 15 is 0 Å². The van der Waals surface area contributed by atoms with Gasteiger partial charge in [-0.3, -0.25) is 4.79 Å². The van der Waals surface area contributed by atoms with E-state index in [9.17, 15) is 4.79 Å². The first-order valence-corrected chi connectivity index (χ1v) is 10.1. The molecule has 1 aromatic heterocycles. The van der Waals surface area contributed by atoms with Crippen LogP contribution in [0.1, 0.15) is 48.5 Å². The summed E-state index contributed by atoms with van der Waals surface area (Å²) in [6.07, 6.45) is 4.10. The lowest BCUT2D eigenvalue weighted by Crippen LogP contribution is -2.35. The summed E-state index contributed by atoms with van der Waals surface area (Å²) in [5.41, 5.74) is 2.26. The van der Waals surface area contributed by atoms with Gasteiger partial charge in [-0.2, -0.15) is 0 Å². The summed E-state index contributed by atoms with van der Waals surface area (Å²) in [4.78, 5) is 17.1. The molecule has 5 heteroatoms. The van der Waals surface area contributed by atoms with Crippen LogP contribution in [0.25, 0.3) is 0 Å². The molecule has 146 valence electrons. The summed E-state index contributed by atoms with van der Waals surface area (Å²) in [6, 6.07) is 12.4. The third-order valence-electron chi connectivity index (χ3n) is 5.05. The molecular weight excluding hydrogens is 338 g/mol. The Morgan fingerprint density at radius 3 is 2.74 bits per heavy atom. The summed E-state index contributed by atoms with van der Waals surface area (Å²) in [7, 11) is 0. The minimum atomic E-state index is -0.0244. The van der Waals surface area contributed by atoms with Gasteiger partial charge in [-0.15, -0.1) is 0 Å². The summed E-state index contributed by atoms with van der Waals surface area (Å²) in [5, 5.41) is 4.05. The van der Waals surface area contributed by atoms with Crippen molar-refractivity contribution in [2.45, 2.75) is 39.5 Å². The first kappa shape index (κ1) is 19.6.